The molecule has 0 aromatic heterocycles. The lowest BCUT2D eigenvalue weighted by atomic mass is 9.99. The summed E-state index contributed by atoms with van der Waals surface area (Å²) in [6.45, 7) is 1.90. The van der Waals surface area contributed by atoms with Crippen molar-refractivity contribution in [1.29, 1.82) is 0 Å². The maximum atomic E-state index is 12.4. The van der Waals surface area contributed by atoms with E-state index < -0.39 is 18.2 Å². The van der Waals surface area contributed by atoms with E-state index in [9.17, 15) is 9.59 Å². The second-order valence-corrected chi connectivity index (χ2v) is 6.46. The van der Waals surface area contributed by atoms with Crippen molar-refractivity contribution in [3.63, 3.8) is 0 Å². The minimum absolute atomic E-state index is 0.0305. The SMILES string of the molecule is CCOC(=O)C(COC)OC(=O)Nc1c2c(cc3c1CCC3)CCC2. The summed E-state index contributed by atoms with van der Waals surface area (Å²) in [5.74, 6) is -0.594. The number of benzene rings is 1. The summed E-state index contributed by atoms with van der Waals surface area (Å²) >= 11 is 0. The van der Waals surface area contributed by atoms with Gasteiger partial charge < -0.3 is 14.2 Å². The van der Waals surface area contributed by atoms with Crippen LogP contribution >= 0.6 is 0 Å². The van der Waals surface area contributed by atoms with Crippen molar-refractivity contribution in [3.05, 3.63) is 28.3 Å². The first-order chi connectivity index (χ1) is 12.1. The summed E-state index contributed by atoms with van der Waals surface area (Å²) in [5, 5.41) is 2.90. The molecule has 1 atom stereocenters. The maximum absolute atomic E-state index is 12.4. The highest BCUT2D eigenvalue weighted by Crippen LogP contribution is 2.38. The fourth-order valence-corrected chi connectivity index (χ4v) is 3.76. The second-order valence-electron chi connectivity index (χ2n) is 6.46. The molecule has 1 unspecified atom stereocenters. The third-order valence-electron chi connectivity index (χ3n) is 4.82. The molecule has 3 rings (SSSR count). The van der Waals surface area contributed by atoms with Crippen molar-refractivity contribution >= 4 is 17.7 Å². The van der Waals surface area contributed by atoms with Crippen LogP contribution in [0.1, 0.15) is 42.0 Å². The van der Waals surface area contributed by atoms with Gasteiger partial charge in [0.15, 0.2) is 0 Å². The van der Waals surface area contributed by atoms with Crippen LogP contribution in [0.15, 0.2) is 6.07 Å². The Hall–Kier alpha value is -2.08. The van der Waals surface area contributed by atoms with Crippen LogP contribution in [0, 0.1) is 0 Å². The number of esters is 1. The van der Waals surface area contributed by atoms with E-state index in [1.807, 2.05) is 0 Å². The number of anilines is 1. The highest BCUT2D eigenvalue weighted by atomic mass is 16.6. The number of carbonyl (C=O) groups excluding carboxylic acids is 2. The molecule has 136 valence electrons. The van der Waals surface area contributed by atoms with Crippen LogP contribution in [0.25, 0.3) is 0 Å². The van der Waals surface area contributed by atoms with E-state index in [0.29, 0.717) is 0 Å². The lowest BCUT2D eigenvalue weighted by Gasteiger charge is -2.19. The van der Waals surface area contributed by atoms with Crippen LogP contribution in [-0.2, 0) is 44.7 Å². The minimum Gasteiger partial charge on any atom is -0.463 e. The Bertz CT molecular complexity index is 638. The van der Waals surface area contributed by atoms with Crippen LogP contribution in [-0.4, -0.2) is 38.5 Å². The summed E-state index contributed by atoms with van der Waals surface area (Å²) in [6.07, 6.45) is 4.58. The van der Waals surface area contributed by atoms with Gasteiger partial charge in [-0.25, -0.2) is 9.59 Å². The molecule has 0 bridgehead atoms. The van der Waals surface area contributed by atoms with Crippen molar-refractivity contribution < 1.29 is 23.8 Å². The number of methoxy groups -OCH3 is 1. The van der Waals surface area contributed by atoms with Crippen molar-refractivity contribution in [3.8, 4) is 0 Å². The molecule has 1 N–H and O–H groups in total. The number of amides is 1. The Morgan fingerprint density at radius 3 is 2.32 bits per heavy atom. The van der Waals surface area contributed by atoms with Crippen LogP contribution in [0.3, 0.4) is 0 Å². The zero-order valence-electron chi connectivity index (χ0n) is 14.9. The molecule has 2 aliphatic rings. The Kier molecular flexibility index (Phi) is 5.58. The minimum atomic E-state index is -1.06. The van der Waals surface area contributed by atoms with E-state index in [4.69, 9.17) is 14.2 Å². The summed E-state index contributed by atoms with van der Waals surface area (Å²) in [7, 11) is 1.45. The standard InChI is InChI=1S/C19H25NO5/c1-3-24-18(21)16(11-23-2)25-19(22)20-17-14-8-4-6-12(14)10-13-7-5-9-15(13)17/h10,16H,3-9,11H2,1-2H3,(H,20,22). The first-order valence-corrected chi connectivity index (χ1v) is 8.93. The molecule has 6 nitrogen and oxygen atoms in total. The quantitative estimate of drug-likeness (QED) is 0.801. The molecule has 0 radical (unpaired) electrons. The molecule has 0 aliphatic heterocycles. The molecule has 25 heavy (non-hydrogen) atoms. The molecule has 0 fully saturated rings. The molecule has 0 saturated heterocycles. The van der Waals surface area contributed by atoms with Gasteiger partial charge in [-0.2, -0.15) is 0 Å². The average molecular weight is 347 g/mol. The van der Waals surface area contributed by atoms with Gasteiger partial charge in [0.1, 0.15) is 0 Å². The number of carbonyl (C=O) groups is 2. The first kappa shape index (κ1) is 17.7. The van der Waals surface area contributed by atoms with E-state index in [1.165, 1.54) is 29.4 Å². The predicted molar refractivity (Wildman–Crippen MR) is 92.9 cm³/mol. The monoisotopic (exact) mass is 347 g/mol. The highest BCUT2D eigenvalue weighted by Gasteiger charge is 2.28. The molecule has 1 aromatic carbocycles. The molecule has 6 heteroatoms. The third kappa shape index (κ3) is 3.79. The first-order valence-electron chi connectivity index (χ1n) is 8.93. The number of fused-ring (bicyclic) bond motifs is 2. The molecular weight excluding hydrogens is 322 g/mol. The smallest absolute Gasteiger partial charge is 0.412 e. The lowest BCUT2D eigenvalue weighted by Crippen LogP contribution is -2.35. The van der Waals surface area contributed by atoms with Crippen LogP contribution in [0.5, 0.6) is 0 Å². The number of ether oxygens (including phenoxy) is 3. The Morgan fingerprint density at radius 1 is 1.12 bits per heavy atom. The molecule has 1 amide bonds. The maximum Gasteiger partial charge on any atom is 0.412 e. The lowest BCUT2D eigenvalue weighted by molar-refractivity contribution is -0.155. The molecule has 1 aromatic rings. The largest absolute Gasteiger partial charge is 0.463 e. The third-order valence-corrected chi connectivity index (χ3v) is 4.82. The average Bonchev–Trinajstić information content (AvgIpc) is 3.23. The van der Waals surface area contributed by atoms with Crippen molar-refractivity contribution in [2.45, 2.75) is 51.6 Å². The predicted octanol–water partition coefficient (Wildman–Crippen LogP) is 2.79. The molecule has 0 heterocycles. The molecule has 0 saturated carbocycles. The van der Waals surface area contributed by atoms with Crippen LogP contribution in [0.4, 0.5) is 10.5 Å². The van der Waals surface area contributed by atoms with Gasteiger partial charge in [0.25, 0.3) is 0 Å². The van der Waals surface area contributed by atoms with E-state index in [1.54, 1.807) is 6.92 Å². The van der Waals surface area contributed by atoms with Crippen molar-refractivity contribution in [1.82, 2.24) is 0 Å². The van der Waals surface area contributed by atoms with Crippen LogP contribution in [0.2, 0.25) is 0 Å². The van der Waals surface area contributed by atoms with E-state index >= 15 is 0 Å². The van der Waals surface area contributed by atoms with E-state index in [-0.39, 0.29) is 13.2 Å². The zero-order chi connectivity index (χ0) is 17.8. The van der Waals surface area contributed by atoms with Crippen molar-refractivity contribution in [2.75, 3.05) is 25.6 Å². The topological polar surface area (TPSA) is 73.9 Å². The molecular formula is C19H25NO5. The Balaban J connectivity index is 1.76. The molecule has 0 spiro atoms. The van der Waals surface area contributed by atoms with Gasteiger partial charge >= 0.3 is 12.1 Å². The fourth-order valence-electron chi connectivity index (χ4n) is 3.76. The van der Waals surface area contributed by atoms with E-state index in [0.717, 1.165) is 44.2 Å². The second kappa shape index (κ2) is 7.87. The summed E-state index contributed by atoms with van der Waals surface area (Å²) in [4.78, 5) is 24.3. The Labute approximate surface area is 147 Å². The van der Waals surface area contributed by atoms with Gasteiger partial charge in [-0.15, -0.1) is 0 Å². The number of hydrogen-bond acceptors (Lipinski definition) is 5. The number of rotatable bonds is 6. The van der Waals surface area contributed by atoms with Gasteiger partial charge in [-0.3, -0.25) is 5.32 Å². The Morgan fingerprint density at radius 2 is 1.76 bits per heavy atom. The normalized spacial score (nSPS) is 16.1. The van der Waals surface area contributed by atoms with Gasteiger partial charge in [0.05, 0.1) is 18.9 Å². The summed E-state index contributed by atoms with van der Waals surface area (Å²) < 4.78 is 15.2. The van der Waals surface area contributed by atoms with Crippen molar-refractivity contribution in [2.24, 2.45) is 0 Å². The van der Waals surface area contributed by atoms with Gasteiger partial charge in [-0.05, 0) is 67.7 Å². The van der Waals surface area contributed by atoms with Gasteiger partial charge in [0.2, 0.25) is 6.10 Å². The van der Waals surface area contributed by atoms with E-state index in [2.05, 4.69) is 11.4 Å². The fraction of sp³-hybridized carbons (Fsp3) is 0.579. The number of nitrogens with one attached hydrogen (secondary N) is 1. The summed E-state index contributed by atoms with van der Waals surface area (Å²) in [5.41, 5.74) is 5.99. The van der Waals surface area contributed by atoms with Gasteiger partial charge in [0, 0.05) is 7.11 Å². The highest BCUT2D eigenvalue weighted by molar-refractivity contribution is 5.90. The molecule has 2 aliphatic carbocycles. The number of aryl methyl sites for hydroxylation is 2. The van der Waals surface area contributed by atoms with Crippen LogP contribution < -0.4 is 5.32 Å². The number of hydrogen-bond donors (Lipinski definition) is 1. The summed E-state index contributed by atoms with van der Waals surface area (Å²) in [6, 6.07) is 2.30. The zero-order valence-corrected chi connectivity index (χ0v) is 14.9. The van der Waals surface area contributed by atoms with Gasteiger partial charge in [-0.1, -0.05) is 6.07 Å².